The summed E-state index contributed by atoms with van der Waals surface area (Å²) < 4.78 is 67.9. The molecular weight excluding hydrogens is 522 g/mol. The summed E-state index contributed by atoms with van der Waals surface area (Å²) in [5.41, 5.74) is 0.483. The van der Waals surface area contributed by atoms with E-state index in [1.54, 1.807) is 36.4 Å². The zero-order valence-corrected chi connectivity index (χ0v) is 22.8. The van der Waals surface area contributed by atoms with Crippen molar-refractivity contribution < 1.29 is 35.8 Å². The molecule has 2 aromatic carbocycles. The van der Waals surface area contributed by atoms with Gasteiger partial charge in [0.25, 0.3) is 5.91 Å². The Labute approximate surface area is 218 Å². The van der Waals surface area contributed by atoms with E-state index in [0.717, 1.165) is 10.6 Å². The van der Waals surface area contributed by atoms with E-state index >= 15 is 0 Å². The Balaban J connectivity index is 1.46. The molecule has 1 unspecified atom stereocenters. The maximum atomic E-state index is 12.7. The fourth-order valence-corrected chi connectivity index (χ4v) is 5.43. The maximum Gasteiger partial charge on any atom is 0.261 e. The number of morpholine rings is 1. The van der Waals surface area contributed by atoms with Crippen molar-refractivity contribution in [2.45, 2.75) is 24.3 Å². The fraction of sp³-hybridized carbons (Fsp3) is 0.458. The molecule has 13 heteroatoms. The molecule has 1 heterocycles. The minimum atomic E-state index is -3.57. The van der Waals surface area contributed by atoms with Crippen LogP contribution in [0.1, 0.15) is 13.3 Å². The summed E-state index contributed by atoms with van der Waals surface area (Å²) in [6.45, 7) is 3.65. The molecule has 0 bridgehead atoms. The topological polar surface area (TPSA) is 132 Å². The van der Waals surface area contributed by atoms with Crippen LogP contribution in [0.15, 0.2) is 53.4 Å². The maximum absolute atomic E-state index is 12.7. The van der Waals surface area contributed by atoms with Crippen molar-refractivity contribution in [2.24, 2.45) is 0 Å². The Morgan fingerprint density at radius 3 is 2.19 bits per heavy atom. The van der Waals surface area contributed by atoms with Gasteiger partial charge >= 0.3 is 0 Å². The molecule has 0 radical (unpaired) electrons. The molecule has 0 aliphatic carbocycles. The van der Waals surface area contributed by atoms with Gasteiger partial charge in [0.2, 0.25) is 20.0 Å². The molecule has 204 valence electrons. The number of amides is 1. The summed E-state index contributed by atoms with van der Waals surface area (Å²) in [7, 11) is -5.49. The van der Waals surface area contributed by atoms with Crippen molar-refractivity contribution in [3.63, 3.8) is 0 Å². The number of nitrogens with one attached hydrogen (secondary N) is 1. The Hall–Kier alpha value is -2.87. The van der Waals surface area contributed by atoms with E-state index < -0.39 is 26.2 Å². The van der Waals surface area contributed by atoms with Crippen LogP contribution in [0, 0.1) is 0 Å². The lowest BCUT2D eigenvalue weighted by Gasteiger charge is -2.26. The Kier molecular flexibility index (Phi) is 9.76. The SMILES string of the molecule is CCC(Oc1ccc(N(C)S(C)(=O)=O)cc1)C(=O)NCCOc1ccc(S(=O)(=O)N2CCOCC2)cc1. The monoisotopic (exact) mass is 555 g/mol. The van der Waals surface area contributed by atoms with Crippen molar-refractivity contribution in [1.29, 1.82) is 0 Å². The molecule has 37 heavy (non-hydrogen) atoms. The third-order valence-corrected chi connectivity index (χ3v) is 8.86. The average Bonchev–Trinajstić information content (AvgIpc) is 2.89. The quantitative estimate of drug-likeness (QED) is 0.390. The van der Waals surface area contributed by atoms with Gasteiger partial charge in [0, 0.05) is 20.1 Å². The van der Waals surface area contributed by atoms with Crippen molar-refractivity contribution >= 4 is 31.6 Å². The van der Waals surface area contributed by atoms with Crippen LogP contribution >= 0.6 is 0 Å². The van der Waals surface area contributed by atoms with Crippen LogP contribution in [0.4, 0.5) is 5.69 Å². The van der Waals surface area contributed by atoms with Crippen LogP contribution in [-0.4, -0.2) is 85.9 Å². The van der Waals surface area contributed by atoms with Crippen molar-refractivity contribution in [3.8, 4) is 11.5 Å². The van der Waals surface area contributed by atoms with E-state index in [9.17, 15) is 21.6 Å². The molecule has 1 amide bonds. The van der Waals surface area contributed by atoms with Gasteiger partial charge in [-0.1, -0.05) is 6.92 Å². The minimum Gasteiger partial charge on any atom is -0.492 e. The van der Waals surface area contributed by atoms with Gasteiger partial charge in [-0.15, -0.1) is 0 Å². The molecule has 0 aromatic heterocycles. The molecule has 3 rings (SSSR count). The molecule has 1 N–H and O–H groups in total. The molecular formula is C24H33N3O8S2. The summed E-state index contributed by atoms with van der Waals surface area (Å²) in [5.74, 6) is 0.615. The first-order valence-electron chi connectivity index (χ1n) is 11.8. The highest BCUT2D eigenvalue weighted by Crippen LogP contribution is 2.22. The highest BCUT2D eigenvalue weighted by atomic mass is 32.2. The van der Waals surface area contributed by atoms with Gasteiger partial charge in [-0.25, -0.2) is 16.8 Å². The van der Waals surface area contributed by atoms with Crippen LogP contribution < -0.4 is 19.1 Å². The van der Waals surface area contributed by atoms with Crippen molar-refractivity contribution in [1.82, 2.24) is 9.62 Å². The Bertz CT molecular complexity index is 1240. The Morgan fingerprint density at radius 1 is 1.03 bits per heavy atom. The van der Waals surface area contributed by atoms with E-state index in [1.807, 2.05) is 6.92 Å². The minimum absolute atomic E-state index is 0.185. The molecule has 1 saturated heterocycles. The number of carbonyl (C=O) groups excluding carboxylic acids is 1. The summed E-state index contributed by atoms with van der Waals surface area (Å²) >= 11 is 0. The largest absolute Gasteiger partial charge is 0.492 e. The van der Waals surface area contributed by atoms with Gasteiger partial charge in [0.05, 0.1) is 36.6 Å². The van der Waals surface area contributed by atoms with E-state index in [2.05, 4.69) is 5.32 Å². The number of rotatable bonds is 12. The standard InChI is InChI=1S/C24H33N3O8S2/c1-4-23(35-21-7-5-19(6-8-21)26(2)36(3,29)30)24(28)25-13-16-34-20-9-11-22(12-10-20)37(31,32)27-14-17-33-18-15-27/h5-12,23H,4,13-18H2,1-3H3,(H,25,28). The molecule has 2 aromatic rings. The lowest BCUT2D eigenvalue weighted by atomic mass is 10.2. The van der Waals surface area contributed by atoms with E-state index in [4.69, 9.17) is 14.2 Å². The van der Waals surface area contributed by atoms with E-state index in [0.29, 0.717) is 49.9 Å². The predicted molar refractivity (Wildman–Crippen MR) is 139 cm³/mol. The molecule has 1 fully saturated rings. The summed E-state index contributed by atoms with van der Waals surface area (Å²) in [4.78, 5) is 12.7. The number of benzene rings is 2. The Morgan fingerprint density at radius 2 is 1.62 bits per heavy atom. The summed E-state index contributed by atoms with van der Waals surface area (Å²) in [6.07, 6.45) is 0.810. The number of carbonyl (C=O) groups is 1. The highest BCUT2D eigenvalue weighted by molar-refractivity contribution is 7.92. The smallest absolute Gasteiger partial charge is 0.261 e. The normalized spacial score (nSPS) is 15.5. The summed E-state index contributed by atoms with van der Waals surface area (Å²) in [6, 6.07) is 12.6. The van der Waals surface area contributed by atoms with Crippen molar-refractivity contribution in [3.05, 3.63) is 48.5 Å². The van der Waals surface area contributed by atoms with Crippen LogP contribution in [0.3, 0.4) is 0 Å². The van der Waals surface area contributed by atoms with Gasteiger partial charge < -0.3 is 19.5 Å². The van der Waals surface area contributed by atoms with Crippen LogP contribution in [-0.2, 0) is 29.6 Å². The van der Waals surface area contributed by atoms with Crippen LogP contribution in [0.25, 0.3) is 0 Å². The molecule has 1 aliphatic rings. The molecule has 1 aliphatic heterocycles. The number of nitrogens with zero attached hydrogens (tertiary/aromatic N) is 2. The van der Waals surface area contributed by atoms with Gasteiger partial charge in [-0.05, 0) is 55.0 Å². The molecule has 11 nitrogen and oxygen atoms in total. The van der Waals surface area contributed by atoms with E-state index in [-0.39, 0.29) is 24.0 Å². The lowest BCUT2D eigenvalue weighted by molar-refractivity contribution is -0.128. The van der Waals surface area contributed by atoms with Gasteiger partial charge in [0.15, 0.2) is 6.10 Å². The van der Waals surface area contributed by atoms with Gasteiger partial charge in [0.1, 0.15) is 18.1 Å². The zero-order chi connectivity index (χ0) is 27.1. The predicted octanol–water partition coefficient (Wildman–Crippen LogP) is 1.46. The number of anilines is 1. The highest BCUT2D eigenvalue weighted by Gasteiger charge is 2.26. The fourth-order valence-electron chi connectivity index (χ4n) is 3.51. The van der Waals surface area contributed by atoms with E-state index in [1.165, 1.54) is 23.5 Å². The van der Waals surface area contributed by atoms with Crippen LogP contribution in [0.5, 0.6) is 11.5 Å². The first kappa shape index (κ1) is 28.7. The van der Waals surface area contributed by atoms with Gasteiger partial charge in [-0.2, -0.15) is 4.31 Å². The molecule has 1 atom stereocenters. The third kappa shape index (κ3) is 7.81. The number of hydrogen-bond donors (Lipinski definition) is 1. The third-order valence-electron chi connectivity index (χ3n) is 5.74. The zero-order valence-electron chi connectivity index (χ0n) is 21.1. The summed E-state index contributed by atoms with van der Waals surface area (Å²) in [5, 5.41) is 2.76. The van der Waals surface area contributed by atoms with Crippen molar-refractivity contribution in [2.75, 3.05) is 57.1 Å². The van der Waals surface area contributed by atoms with Gasteiger partial charge in [-0.3, -0.25) is 9.10 Å². The first-order chi connectivity index (χ1) is 17.5. The molecule has 0 spiro atoms. The number of ether oxygens (including phenoxy) is 3. The second-order valence-electron chi connectivity index (χ2n) is 8.37. The number of sulfonamides is 2. The number of hydrogen-bond acceptors (Lipinski definition) is 8. The lowest BCUT2D eigenvalue weighted by Crippen LogP contribution is -2.40. The molecule has 0 saturated carbocycles. The second-order valence-corrected chi connectivity index (χ2v) is 12.3. The first-order valence-corrected chi connectivity index (χ1v) is 15.1. The van der Waals surface area contributed by atoms with Crippen LogP contribution in [0.2, 0.25) is 0 Å². The average molecular weight is 556 g/mol. The second kappa shape index (κ2) is 12.6.